The molecule has 0 saturated heterocycles. The quantitative estimate of drug-likeness (QED) is 0.346. The SMILES string of the molecule is O=C(O)CCSSC=[SH]Cc1ccccc1. The van der Waals surface area contributed by atoms with Gasteiger partial charge in [-0.1, -0.05) is 51.9 Å². The lowest BCUT2D eigenvalue weighted by Gasteiger charge is -1.95. The van der Waals surface area contributed by atoms with Gasteiger partial charge in [0.05, 0.1) is 6.42 Å². The predicted octanol–water partition coefficient (Wildman–Crippen LogP) is 3.27. The molecule has 0 aliphatic carbocycles. The molecule has 2 nitrogen and oxygen atoms in total. The number of aliphatic carboxylic acids is 1. The summed E-state index contributed by atoms with van der Waals surface area (Å²) in [5.74, 6) is 0.958. The summed E-state index contributed by atoms with van der Waals surface area (Å²) in [6, 6.07) is 10.3. The van der Waals surface area contributed by atoms with Crippen molar-refractivity contribution in [2.24, 2.45) is 0 Å². The highest BCUT2D eigenvalue weighted by Crippen LogP contribution is 2.21. The molecule has 0 unspecified atom stereocenters. The number of carboxylic acid groups (broad SMARTS) is 1. The number of thiol groups is 1. The molecule has 0 aliphatic heterocycles. The molecule has 0 aromatic heterocycles. The van der Waals surface area contributed by atoms with Crippen LogP contribution in [-0.4, -0.2) is 21.5 Å². The fraction of sp³-hybridized carbons (Fsp3) is 0.273. The smallest absolute Gasteiger partial charge is 0.304 e. The number of rotatable bonds is 7. The molecule has 0 atom stereocenters. The molecule has 1 N–H and O–H groups in total. The number of benzene rings is 1. The van der Waals surface area contributed by atoms with Crippen molar-refractivity contribution in [3.8, 4) is 0 Å². The van der Waals surface area contributed by atoms with Crippen LogP contribution in [0.15, 0.2) is 30.3 Å². The Kier molecular flexibility index (Phi) is 7.46. The highest BCUT2D eigenvalue weighted by molar-refractivity contribution is 8.83. The van der Waals surface area contributed by atoms with Gasteiger partial charge >= 0.3 is 5.97 Å². The maximum Gasteiger partial charge on any atom is 0.304 e. The molecule has 0 spiro atoms. The van der Waals surface area contributed by atoms with E-state index in [1.54, 1.807) is 21.6 Å². The molecule has 0 radical (unpaired) electrons. The van der Waals surface area contributed by atoms with E-state index in [-0.39, 0.29) is 6.42 Å². The molecular weight excluding hydrogens is 260 g/mol. The van der Waals surface area contributed by atoms with Crippen LogP contribution in [0.25, 0.3) is 0 Å². The van der Waals surface area contributed by atoms with Gasteiger partial charge in [0.15, 0.2) is 0 Å². The van der Waals surface area contributed by atoms with E-state index in [0.29, 0.717) is 5.75 Å². The number of hydrogen-bond acceptors (Lipinski definition) is 3. The molecule has 5 heteroatoms. The maximum atomic E-state index is 10.2. The van der Waals surface area contributed by atoms with Crippen molar-refractivity contribution in [3.05, 3.63) is 35.9 Å². The summed E-state index contributed by atoms with van der Waals surface area (Å²) in [5.41, 5.74) is 1.33. The fourth-order valence-electron chi connectivity index (χ4n) is 0.964. The van der Waals surface area contributed by atoms with Crippen LogP contribution < -0.4 is 0 Å². The monoisotopic (exact) mass is 274 g/mol. The molecule has 1 rings (SSSR count). The molecule has 0 amide bonds. The molecule has 0 fully saturated rings. The summed E-state index contributed by atoms with van der Waals surface area (Å²) >= 11 is 1.26. The Labute approximate surface area is 107 Å². The van der Waals surface area contributed by atoms with Gasteiger partial charge in [-0.2, -0.15) is 11.4 Å². The van der Waals surface area contributed by atoms with Crippen LogP contribution in [0.3, 0.4) is 0 Å². The summed E-state index contributed by atoms with van der Waals surface area (Å²) in [4.78, 5) is 10.2. The average molecular weight is 274 g/mol. The molecule has 0 saturated carbocycles. The zero-order chi connectivity index (χ0) is 11.6. The fourth-order valence-corrected chi connectivity index (χ4v) is 4.16. The molecular formula is C11H14O2S3. The minimum absolute atomic E-state index is 0.237. The zero-order valence-electron chi connectivity index (χ0n) is 8.70. The van der Waals surface area contributed by atoms with Gasteiger partial charge in [-0.15, -0.1) is 0 Å². The van der Waals surface area contributed by atoms with E-state index in [1.165, 1.54) is 16.9 Å². The molecule has 0 bridgehead atoms. The highest BCUT2D eigenvalue weighted by atomic mass is 33.1. The van der Waals surface area contributed by atoms with Gasteiger partial charge in [-0.3, -0.25) is 4.79 Å². The van der Waals surface area contributed by atoms with Crippen molar-refractivity contribution >= 4 is 43.6 Å². The predicted molar refractivity (Wildman–Crippen MR) is 77.5 cm³/mol. The Hall–Kier alpha value is -0.390. The van der Waals surface area contributed by atoms with Crippen LogP contribution in [0.5, 0.6) is 0 Å². The van der Waals surface area contributed by atoms with Crippen molar-refractivity contribution in [2.75, 3.05) is 5.75 Å². The van der Waals surface area contributed by atoms with Crippen LogP contribution in [-0.2, 0) is 10.5 Å². The van der Waals surface area contributed by atoms with Gasteiger partial charge in [0.1, 0.15) is 0 Å². The van der Waals surface area contributed by atoms with Gasteiger partial charge < -0.3 is 5.11 Å². The Morgan fingerprint density at radius 3 is 2.81 bits per heavy atom. The van der Waals surface area contributed by atoms with E-state index in [9.17, 15) is 4.79 Å². The summed E-state index contributed by atoms with van der Waals surface area (Å²) in [7, 11) is 3.22. The first-order valence-electron chi connectivity index (χ1n) is 4.81. The van der Waals surface area contributed by atoms with Gasteiger partial charge in [0.25, 0.3) is 0 Å². The standard InChI is InChI=1S/C11H14O2S3/c12-11(13)6-7-15-16-9-14-8-10-4-2-1-3-5-10/h1-5,9,14H,6-8H2,(H,12,13). The van der Waals surface area contributed by atoms with Crippen molar-refractivity contribution in [1.82, 2.24) is 0 Å². The maximum absolute atomic E-state index is 10.2. The van der Waals surface area contributed by atoms with Crippen molar-refractivity contribution in [1.29, 1.82) is 0 Å². The Balaban J connectivity index is 2.07. The second-order valence-corrected chi connectivity index (χ2v) is 6.64. The van der Waals surface area contributed by atoms with Crippen LogP contribution >= 0.6 is 32.9 Å². The number of carboxylic acids is 1. The average Bonchev–Trinajstić information content (AvgIpc) is 2.29. The third-order valence-electron chi connectivity index (χ3n) is 1.70. The lowest BCUT2D eigenvalue weighted by atomic mass is 10.2. The molecule has 1 aromatic rings. The van der Waals surface area contributed by atoms with E-state index in [2.05, 4.69) is 16.8 Å². The van der Waals surface area contributed by atoms with Crippen LogP contribution in [0.2, 0.25) is 0 Å². The van der Waals surface area contributed by atoms with Crippen LogP contribution in [0.4, 0.5) is 0 Å². The van der Waals surface area contributed by atoms with Gasteiger partial charge in [-0.25, -0.2) is 0 Å². The third kappa shape index (κ3) is 6.98. The second-order valence-electron chi connectivity index (χ2n) is 2.99. The van der Waals surface area contributed by atoms with Crippen molar-refractivity contribution < 1.29 is 9.90 Å². The van der Waals surface area contributed by atoms with Crippen molar-refractivity contribution in [3.63, 3.8) is 0 Å². The lowest BCUT2D eigenvalue weighted by Crippen LogP contribution is -1.94. The van der Waals surface area contributed by atoms with E-state index >= 15 is 0 Å². The molecule has 1 aromatic carbocycles. The number of carbonyl (C=O) groups is 1. The molecule has 16 heavy (non-hydrogen) atoms. The van der Waals surface area contributed by atoms with Gasteiger partial charge in [0.2, 0.25) is 0 Å². The first-order chi connectivity index (χ1) is 7.79. The largest absolute Gasteiger partial charge is 0.481 e. The lowest BCUT2D eigenvalue weighted by molar-refractivity contribution is -0.136. The Morgan fingerprint density at radius 1 is 1.38 bits per heavy atom. The Morgan fingerprint density at radius 2 is 2.12 bits per heavy atom. The normalized spacial score (nSPS) is 11.2. The minimum Gasteiger partial charge on any atom is -0.481 e. The molecule has 0 heterocycles. The topological polar surface area (TPSA) is 37.3 Å². The van der Waals surface area contributed by atoms with E-state index in [1.807, 2.05) is 18.2 Å². The summed E-state index contributed by atoms with van der Waals surface area (Å²) in [6.07, 6.45) is 0.237. The van der Waals surface area contributed by atoms with E-state index < -0.39 is 5.97 Å². The summed E-state index contributed by atoms with van der Waals surface area (Å²) < 4.78 is 2.11. The van der Waals surface area contributed by atoms with Gasteiger partial charge in [-0.05, 0) is 5.56 Å². The first kappa shape index (κ1) is 13.7. The zero-order valence-corrected chi connectivity index (χ0v) is 11.2. The van der Waals surface area contributed by atoms with E-state index in [4.69, 9.17) is 5.11 Å². The van der Waals surface area contributed by atoms with E-state index in [0.717, 1.165) is 5.75 Å². The number of hydrogen-bond donors (Lipinski definition) is 2. The summed E-state index contributed by atoms with van der Waals surface area (Å²) in [6.45, 7) is 0. The van der Waals surface area contributed by atoms with Crippen molar-refractivity contribution in [2.45, 2.75) is 12.2 Å². The Bertz CT molecular complexity index is 338. The minimum atomic E-state index is -0.727. The summed E-state index contributed by atoms with van der Waals surface area (Å²) in [5, 5.41) is 8.43. The highest BCUT2D eigenvalue weighted by Gasteiger charge is 1.95. The van der Waals surface area contributed by atoms with Gasteiger partial charge in [0, 0.05) is 16.2 Å². The van der Waals surface area contributed by atoms with Crippen LogP contribution in [0.1, 0.15) is 12.0 Å². The molecule has 0 aliphatic rings. The van der Waals surface area contributed by atoms with Crippen LogP contribution in [0, 0.1) is 0 Å². The molecule has 88 valence electrons. The first-order valence-corrected chi connectivity index (χ1v) is 8.34. The second kappa shape index (κ2) is 8.73. The third-order valence-corrected chi connectivity index (χ3v) is 5.38.